The molecule has 0 radical (unpaired) electrons. The van der Waals surface area contributed by atoms with E-state index in [1.54, 1.807) is 12.1 Å². The van der Waals surface area contributed by atoms with Gasteiger partial charge in [-0.1, -0.05) is 27.7 Å². The van der Waals surface area contributed by atoms with Gasteiger partial charge in [-0.05, 0) is 44.4 Å². The van der Waals surface area contributed by atoms with Crippen molar-refractivity contribution in [2.24, 2.45) is 5.73 Å². The summed E-state index contributed by atoms with van der Waals surface area (Å²) >= 11 is 0. The molecule has 0 atom stereocenters. The summed E-state index contributed by atoms with van der Waals surface area (Å²) < 4.78 is 5.75. The fourth-order valence-electron chi connectivity index (χ4n) is 2.58. The van der Waals surface area contributed by atoms with E-state index in [0.717, 1.165) is 39.3 Å². The van der Waals surface area contributed by atoms with Crippen LogP contribution in [0.3, 0.4) is 0 Å². The molecule has 0 saturated heterocycles. The third-order valence-electron chi connectivity index (χ3n) is 4.41. The molecule has 1 aromatic carbocycles. The number of carbonyl (C=O) groups excluding carboxylic acids is 1. The van der Waals surface area contributed by atoms with Crippen molar-refractivity contribution in [3.05, 3.63) is 23.8 Å². The third kappa shape index (κ3) is 7.59. The summed E-state index contributed by atoms with van der Waals surface area (Å²) in [7, 11) is 0. The zero-order chi connectivity index (χ0) is 19.4. The first-order chi connectivity index (χ1) is 12.5. The van der Waals surface area contributed by atoms with Gasteiger partial charge in [0.15, 0.2) is 0 Å². The van der Waals surface area contributed by atoms with Crippen LogP contribution in [-0.2, 0) is 4.84 Å². The number of carbonyl (C=O) groups is 1. The van der Waals surface area contributed by atoms with Crippen LogP contribution in [0.4, 0.5) is 5.69 Å². The monoisotopic (exact) mass is 366 g/mol. The standard InChI is InChI=1S/C19H34N4O3/c1-5-22(6-2)11-13-25-16-9-10-18(17(15-16)19(20)24)21-26-14-12-23(7-3)8-4/h9-10,15,21H,5-8,11-14H2,1-4H3,(H2,20,24). The Balaban J connectivity index is 2.58. The van der Waals surface area contributed by atoms with Crippen LogP contribution in [0, 0.1) is 0 Å². The van der Waals surface area contributed by atoms with E-state index < -0.39 is 5.91 Å². The van der Waals surface area contributed by atoms with Crippen LogP contribution in [0.1, 0.15) is 38.1 Å². The fourth-order valence-corrected chi connectivity index (χ4v) is 2.58. The van der Waals surface area contributed by atoms with Crippen LogP contribution in [0.15, 0.2) is 18.2 Å². The topological polar surface area (TPSA) is 80.1 Å². The Labute approximate surface area is 157 Å². The highest BCUT2D eigenvalue weighted by Crippen LogP contribution is 2.22. The van der Waals surface area contributed by atoms with Gasteiger partial charge in [-0.3, -0.25) is 15.1 Å². The van der Waals surface area contributed by atoms with E-state index >= 15 is 0 Å². The second kappa shape index (κ2) is 12.5. The van der Waals surface area contributed by atoms with Crippen molar-refractivity contribution in [3.8, 4) is 5.75 Å². The molecule has 1 rings (SSSR count). The molecule has 1 amide bonds. The number of hydrogen-bond acceptors (Lipinski definition) is 6. The molecule has 0 aliphatic carbocycles. The first kappa shape index (κ1) is 22.2. The molecule has 0 unspecified atom stereocenters. The van der Waals surface area contributed by atoms with Gasteiger partial charge in [0, 0.05) is 13.1 Å². The van der Waals surface area contributed by atoms with Crippen molar-refractivity contribution < 1.29 is 14.4 Å². The van der Waals surface area contributed by atoms with E-state index in [9.17, 15) is 4.79 Å². The predicted octanol–water partition coefficient (Wildman–Crippen LogP) is 2.19. The van der Waals surface area contributed by atoms with Crippen LogP contribution >= 0.6 is 0 Å². The van der Waals surface area contributed by atoms with Crippen LogP contribution in [0.2, 0.25) is 0 Å². The van der Waals surface area contributed by atoms with Crippen molar-refractivity contribution in [1.29, 1.82) is 0 Å². The lowest BCUT2D eigenvalue weighted by Gasteiger charge is -2.19. The molecular formula is C19H34N4O3. The molecule has 7 heteroatoms. The Morgan fingerprint density at radius 3 is 2.12 bits per heavy atom. The van der Waals surface area contributed by atoms with Crippen LogP contribution in [0.5, 0.6) is 5.75 Å². The number of ether oxygens (including phenoxy) is 1. The average molecular weight is 367 g/mol. The lowest BCUT2D eigenvalue weighted by Crippen LogP contribution is -2.28. The lowest BCUT2D eigenvalue weighted by atomic mass is 10.1. The molecule has 0 heterocycles. The first-order valence-corrected chi connectivity index (χ1v) is 9.44. The number of amides is 1. The number of primary amides is 1. The van der Waals surface area contributed by atoms with E-state index in [0.29, 0.717) is 30.2 Å². The second-order valence-electron chi connectivity index (χ2n) is 5.92. The van der Waals surface area contributed by atoms with E-state index in [2.05, 4.69) is 43.0 Å². The average Bonchev–Trinajstić information content (AvgIpc) is 2.66. The van der Waals surface area contributed by atoms with Crippen molar-refractivity contribution in [1.82, 2.24) is 9.80 Å². The molecule has 0 fully saturated rings. The highest BCUT2D eigenvalue weighted by Gasteiger charge is 2.11. The molecule has 1 aromatic rings. The molecule has 0 aromatic heterocycles. The number of anilines is 1. The molecular weight excluding hydrogens is 332 g/mol. The number of nitrogens with zero attached hydrogens (tertiary/aromatic N) is 2. The van der Waals surface area contributed by atoms with Gasteiger partial charge in [0.05, 0.1) is 17.9 Å². The number of hydrogen-bond donors (Lipinski definition) is 2. The largest absolute Gasteiger partial charge is 0.492 e. The maximum atomic E-state index is 11.7. The molecule has 0 aliphatic heterocycles. The smallest absolute Gasteiger partial charge is 0.251 e. The lowest BCUT2D eigenvalue weighted by molar-refractivity contribution is 0.0998. The summed E-state index contributed by atoms with van der Waals surface area (Å²) in [5, 5.41) is 0. The van der Waals surface area contributed by atoms with Crippen molar-refractivity contribution in [2.45, 2.75) is 27.7 Å². The summed E-state index contributed by atoms with van der Waals surface area (Å²) in [6, 6.07) is 5.22. The van der Waals surface area contributed by atoms with Crippen molar-refractivity contribution in [3.63, 3.8) is 0 Å². The second-order valence-corrected chi connectivity index (χ2v) is 5.92. The highest BCUT2D eigenvalue weighted by atomic mass is 16.6. The minimum absolute atomic E-state index is 0.355. The molecule has 0 saturated carbocycles. The number of benzene rings is 1. The SMILES string of the molecule is CCN(CC)CCONc1ccc(OCCN(CC)CC)cc1C(N)=O. The molecule has 0 aliphatic rings. The Hall–Kier alpha value is -1.83. The predicted molar refractivity (Wildman–Crippen MR) is 106 cm³/mol. The maximum absolute atomic E-state index is 11.7. The van der Waals surface area contributed by atoms with Gasteiger partial charge in [-0.15, -0.1) is 0 Å². The van der Waals surface area contributed by atoms with Gasteiger partial charge in [-0.25, -0.2) is 0 Å². The zero-order valence-corrected chi connectivity index (χ0v) is 16.6. The number of rotatable bonds is 14. The third-order valence-corrected chi connectivity index (χ3v) is 4.41. The Kier molecular flexibility index (Phi) is 10.7. The Morgan fingerprint density at radius 1 is 1.00 bits per heavy atom. The zero-order valence-electron chi connectivity index (χ0n) is 16.6. The van der Waals surface area contributed by atoms with Gasteiger partial charge in [0.1, 0.15) is 12.4 Å². The Morgan fingerprint density at radius 2 is 1.58 bits per heavy atom. The molecule has 26 heavy (non-hydrogen) atoms. The molecule has 7 nitrogen and oxygen atoms in total. The fraction of sp³-hybridized carbons (Fsp3) is 0.632. The quantitative estimate of drug-likeness (QED) is 0.388. The first-order valence-electron chi connectivity index (χ1n) is 9.44. The minimum Gasteiger partial charge on any atom is -0.492 e. The summed E-state index contributed by atoms with van der Waals surface area (Å²) in [6.45, 7) is 15.1. The van der Waals surface area contributed by atoms with Gasteiger partial charge in [0.2, 0.25) is 0 Å². The van der Waals surface area contributed by atoms with Crippen molar-refractivity contribution in [2.75, 3.05) is 58.0 Å². The van der Waals surface area contributed by atoms with Crippen LogP contribution in [-0.4, -0.2) is 68.2 Å². The highest BCUT2D eigenvalue weighted by molar-refractivity contribution is 5.98. The summed E-state index contributed by atoms with van der Waals surface area (Å²) in [4.78, 5) is 21.7. The van der Waals surface area contributed by atoms with E-state index in [1.165, 1.54) is 0 Å². The Bertz CT molecular complexity index is 532. The minimum atomic E-state index is -0.519. The van der Waals surface area contributed by atoms with Gasteiger partial charge < -0.3 is 20.3 Å². The van der Waals surface area contributed by atoms with Gasteiger partial charge in [-0.2, -0.15) is 0 Å². The van der Waals surface area contributed by atoms with E-state index in [4.69, 9.17) is 15.3 Å². The summed E-state index contributed by atoms with van der Waals surface area (Å²) in [5.74, 6) is 0.105. The number of nitrogens with two attached hydrogens (primary N) is 1. The van der Waals surface area contributed by atoms with Gasteiger partial charge in [0.25, 0.3) is 5.91 Å². The number of nitrogens with one attached hydrogen (secondary N) is 1. The maximum Gasteiger partial charge on any atom is 0.251 e. The number of likely N-dealkylation sites (N-methyl/N-ethyl adjacent to an activating group) is 2. The van der Waals surface area contributed by atoms with Crippen LogP contribution < -0.4 is 16.0 Å². The molecule has 148 valence electrons. The molecule has 0 spiro atoms. The molecule has 0 bridgehead atoms. The van der Waals surface area contributed by atoms with Gasteiger partial charge >= 0.3 is 0 Å². The van der Waals surface area contributed by atoms with E-state index in [-0.39, 0.29) is 0 Å². The summed E-state index contributed by atoms with van der Waals surface area (Å²) in [6.07, 6.45) is 0. The normalized spacial score (nSPS) is 11.2. The van der Waals surface area contributed by atoms with Crippen LogP contribution in [0.25, 0.3) is 0 Å². The van der Waals surface area contributed by atoms with Crippen molar-refractivity contribution >= 4 is 11.6 Å². The van der Waals surface area contributed by atoms with E-state index in [1.807, 2.05) is 6.07 Å². The molecule has 3 N–H and O–H groups in total. The summed E-state index contributed by atoms with van der Waals surface area (Å²) in [5.41, 5.74) is 9.22.